The number of methoxy groups -OCH3 is 1. The Labute approximate surface area is 222 Å². The molecule has 8 nitrogen and oxygen atoms in total. The van der Waals surface area contributed by atoms with Gasteiger partial charge in [0.1, 0.15) is 23.8 Å². The summed E-state index contributed by atoms with van der Waals surface area (Å²) in [5.41, 5.74) is 1.71. The van der Waals surface area contributed by atoms with Gasteiger partial charge in [-0.15, -0.1) is 0 Å². The van der Waals surface area contributed by atoms with E-state index >= 15 is 0 Å². The van der Waals surface area contributed by atoms with Gasteiger partial charge in [0.2, 0.25) is 0 Å². The lowest BCUT2D eigenvalue weighted by molar-refractivity contribution is 0.0228. The SMILES string of the molecule is COCc1ncccc1-c1nc2c(OCOCC[Si](C)(C)C)cccc2c(=O)n1COCC[Si](C)(C)C. The molecule has 0 aliphatic rings. The first-order valence-corrected chi connectivity index (χ1v) is 20.2. The van der Waals surface area contributed by atoms with Crippen LogP contribution in [0, 0.1) is 0 Å². The average molecular weight is 544 g/mol. The van der Waals surface area contributed by atoms with Crippen molar-refractivity contribution in [3.63, 3.8) is 0 Å². The van der Waals surface area contributed by atoms with Crippen LogP contribution in [0.15, 0.2) is 41.3 Å². The van der Waals surface area contributed by atoms with Gasteiger partial charge in [-0.25, -0.2) is 4.98 Å². The normalized spacial score (nSPS) is 12.3. The molecule has 0 bridgehead atoms. The summed E-state index contributed by atoms with van der Waals surface area (Å²) in [6, 6.07) is 11.2. The van der Waals surface area contributed by atoms with Crippen molar-refractivity contribution in [2.24, 2.45) is 0 Å². The Morgan fingerprint density at radius 3 is 2.30 bits per heavy atom. The minimum atomic E-state index is -1.27. The van der Waals surface area contributed by atoms with Crippen LogP contribution in [0.4, 0.5) is 0 Å². The van der Waals surface area contributed by atoms with Crippen LogP contribution in [0.2, 0.25) is 51.4 Å². The number of aromatic nitrogens is 3. The number of benzene rings is 1. The summed E-state index contributed by atoms with van der Waals surface area (Å²) >= 11 is 0. The van der Waals surface area contributed by atoms with E-state index in [1.165, 1.54) is 0 Å². The highest BCUT2D eigenvalue weighted by Crippen LogP contribution is 2.27. The number of fused-ring (bicyclic) bond motifs is 1. The molecule has 0 fully saturated rings. The van der Waals surface area contributed by atoms with Crippen molar-refractivity contribution < 1.29 is 18.9 Å². The smallest absolute Gasteiger partial charge is 0.263 e. The number of rotatable bonds is 14. The van der Waals surface area contributed by atoms with E-state index < -0.39 is 16.1 Å². The van der Waals surface area contributed by atoms with Crippen molar-refractivity contribution in [2.75, 3.05) is 27.1 Å². The Hall–Kier alpha value is -2.38. The summed E-state index contributed by atoms with van der Waals surface area (Å²) in [6.07, 6.45) is 1.71. The summed E-state index contributed by atoms with van der Waals surface area (Å²) in [4.78, 5) is 23.1. The van der Waals surface area contributed by atoms with Gasteiger partial charge >= 0.3 is 0 Å². The summed E-state index contributed by atoms with van der Waals surface area (Å²) < 4.78 is 24.6. The van der Waals surface area contributed by atoms with Crippen LogP contribution in [-0.2, 0) is 27.5 Å². The van der Waals surface area contributed by atoms with Gasteiger partial charge in [0.05, 0.1) is 17.7 Å². The summed E-state index contributed by atoms with van der Waals surface area (Å²) in [5, 5.41) is 0.467. The van der Waals surface area contributed by atoms with Gasteiger partial charge in [-0.3, -0.25) is 14.3 Å². The lowest BCUT2D eigenvalue weighted by atomic mass is 10.1. The molecular weight excluding hydrogens is 502 g/mol. The third-order valence-corrected chi connectivity index (χ3v) is 9.28. The van der Waals surface area contributed by atoms with E-state index in [-0.39, 0.29) is 19.1 Å². The van der Waals surface area contributed by atoms with E-state index in [9.17, 15) is 4.79 Å². The van der Waals surface area contributed by atoms with Crippen molar-refractivity contribution in [2.45, 2.75) is 64.7 Å². The third-order valence-electron chi connectivity index (χ3n) is 5.87. The number of ether oxygens (including phenoxy) is 4. The fourth-order valence-electron chi connectivity index (χ4n) is 3.63. The van der Waals surface area contributed by atoms with Gasteiger partial charge in [0.15, 0.2) is 6.79 Å². The zero-order valence-electron chi connectivity index (χ0n) is 23.3. The molecule has 3 rings (SSSR count). The molecule has 10 heteroatoms. The van der Waals surface area contributed by atoms with Crippen molar-refractivity contribution in [3.05, 3.63) is 52.6 Å². The second-order valence-electron chi connectivity index (χ2n) is 11.6. The third kappa shape index (κ3) is 8.57. The Morgan fingerprint density at radius 1 is 0.919 bits per heavy atom. The average Bonchev–Trinajstić information content (AvgIpc) is 2.82. The van der Waals surface area contributed by atoms with E-state index in [0.717, 1.165) is 17.7 Å². The van der Waals surface area contributed by atoms with Crippen LogP contribution in [-0.4, -0.2) is 57.8 Å². The van der Waals surface area contributed by atoms with Gasteiger partial charge in [-0.2, -0.15) is 0 Å². The highest BCUT2D eigenvalue weighted by molar-refractivity contribution is 6.76. The molecule has 0 saturated carbocycles. The van der Waals surface area contributed by atoms with Crippen molar-refractivity contribution in [1.82, 2.24) is 14.5 Å². The van der Waals surface area contributed by atoms with Crippen molar-refractivity contribution >= 4 is 27.1 Å². The molecule has 0 unspecified atom stereocenters. The molecule has 2 heterocycles. The number of hydrogen-bond acceptors (Lipinski definition) is 7. The molecule has 202 valence electrons. The predicted octanol–water partition coefficient (Wildman–Crippen LogP) is 5.61. The molecular formula is C27H41N3O5Si2. The number of pyridine rings is 1. The van der Waals surface area contributed by atoms with Crippen LogP contribution in [0.25, 0.3) is 22.3 Å². The second kappa shape index (κ2) is 12.9. The van der Waals surface area contributed by atoms with E-state index in [1.54, 1.807) is 30.0 Å². The van der Waals surface area contributed by atoms with E-state index in [1.807, 2.05) is 18.2 Å². The molecule has 0 saturated heterocycles. The quantitative estimate of drug-likeness (QED) is 0.148. The standard InChI is InChI=1S/C27H41N3O5Si2/c1-32-18-23-21(11-9-13-28-23)26-29-25-22(27(31)30(26)19-33-14-16-36(2,3)4)10-8-12-24(25)35-20-34-15-17-37(5,6)7/h8-13H,14-20H2,1-7H3. The maximum atomic E-state index is 13.7. The van der Waals surface area contributed by atoms with Crippen LogP contribution >= 0.6 is 0 Å². The summed E-state index contributed by atoms with van der Waals surface area (Å²) in [7, 11) is -0.838. The Kier molecular flexibility index (Phi) is 10.2. The predicted molar refractivity (Wildman–Crippen MR) is 154 cm³/mol. The molecule has 2 aromatic heterocycles. The van der Waals surface area contributed by atoms with Crippen LogP contribution < -0.4 is 10.3 Å². The minimum Gasteiger partial charge on any atom is -0.465 e. The van der Waals surface area contributed by atoms with E-state index in [2.05, 4.69) is 44.3 Å². The maximum absolute atomic E-state index is 13.7. The highest BCUT2D eigenvalue weighted by Gasteiger charge is 2.19. The molecule has 0 spiro atoms. The lowest BCUT2D eigenvalue weighted by Gasteiger charge is -2.19. The molecule has 1 aromatic carbocycles. The minimum absolute atomic E-state index is 0.102. The first-order valence-electron chi connectivity index (χ1n) is 12.8. The number of para-hydroxylation sites is 1. The van der Waals surface area contributed by atoms with Crippen LogP contribution in [0.1, 0.15) is 5.69 Å². The zero-order valence-corrected chi connectivity index (χ0v) is 25.3. The molecule has 0 radical (unpaired) electrons. The Bertz CT molecular complexity index is 1240. The second-order valence-corrected chi connectivity index (χ2v) is 22.8. The Morgan fingerprint density at radius 2 is 1.62 bits per heavy atom. The van der Waals surface area contributed by atoms with Gasteiger partial charge in [-0.05, 0) is 36.4 Å². The van der Waals surface area contributed by atoms with Crippen molar-refractivity contribution in [3.8, 4) is 17.1 Å². The lowest BCUT2D eigenvalue weighted by Crippen LogP contribution is -2.27. The fraction of sp³-hybridized carbons (Fsp3) is 0.519. The zero-order chi connectivity index (χ0) is 27.1. The van der Waals surface area contributed by atoms with E-state index in [4.69, 9.17) is 23.9 Å². The Balaban J connectivity index is 1.99. The number of nitrogens with zero attached hydrogens (tertiary/aromatic N) is 3. The molecule has 3 aromatic rings. The molecule has 37 heavy (non-hydrogen) atoms. The molecule has 0 aliphatic carbocycles. The van der Waals surface area contributed by atoms with Crippen LogP contribution in [0.5, 0.6) is 5.75 Å². The summed E-state index contributed by atoms with van der Waals surface area (Å²) in [6.45, 7) is 15.6. The topological polar surface area (TPSA) is 84.7 Å². The van der Waals surface area contributed by atoms with E-state index in [0.29, 0.717) is 48.0 Å². The monoisotopic (exact) mass is 543 g/mol. The molecule has 0 atom stereocenters. The van der Waals surface area contributed by atoms with Gasteiger partial charge < -0.3 is 18.9 Å². The molecule has 0 amide bonds. The fourth-order valence-corrected chi connectivity index (χ4v) is 5.14. The largest absolute Gasteiger partial charge is 0.465 e. The highest BCUT2D eigenvalue weighted by atomic mass is 28.3. The van der Waals surface area contributed by atoms with Crippen LogP contribution in [0.3, 0.4) is 0 Å². The molecule has 0 N–H and O–H groups in total. The van der Waals surface area contributed by atoms with Gasteiger partial charge in [0.25, 0.3) is 5.56 Å². The summed E-state index contributed by atoms with van der Waals surface area (Å²) in [5.74, 6) is 0.981. The van der Waals surface area contributed by atoms with Crippen molar-refractivity contribution in [1.29, 1.82) is 0 Å². The number of hydrogen-bond donors (Lipinski definition) is 0. The first kappa shape index (κ1) is 29.2. The van der Waals surface area contributed by atoms with Gasteiger partial charge in [0, 0.05) is 48.2 Å². The molecule has 0 aliphatic heterocycles. The first-order chi connectivity index (χ1) is 17.5. The maximum Gasteiger partial charge on any atom is 0.263 e. The van der Waals surface area contributed by atoms with Gasteiger partial charge in [-0.1, -0.05) is 45.3 Å².